The summed E-state index contributed by atoms with van der Waals surface area (Å²) in [6.45, 7) is 0.611. The Morgan fingerprint density at radius 2 is 2.11 bits per heavy atom. The number of nitrogens with zero attached hydrogens (tertiary/aromatic N) is 2. The van der Waals surface area contributed by atoms with E-state index >= 15 is 0 Å². The van der Waals surface area contributed by atoms with Gasteiger partial charge in [-0.2, -0.15) is 0 Å². The third-order valence-corrected chi connectivity index (χ3v) is 6.30. The second-order valence-corrected chi connectivity index (χ2v) is 8.35. The molecule has 11 heteroatoms. The average Bonchev–Trinajstić information content (AvgIpc) is 3.35. The Morgan fingerprint density at radius 1 is 1.36 bits per heavy atom. The molecule has 0 spiro atoms. The number of aliphatic hydroxyl groups is 2. The molecule has 152 valence electrons. The number of aromatic nitrogens is 2. The van der Waals surface area contributed by atoms with Gasteiger partial charge in [-0.1, -0.05) is 23.2 Å². The quantitative estimate of drug-likeness (QED) is 0.558. The van der Waals surface area contributed by atoms with Crippen molar-refractivity contribution in [2.75, 3.05) is 13.2 Å². The molecule has 2 aromatic rings. The van der Waals surface area contributed by atoms with Gasteiger partial charge in [0.1, 0.15) is 31.0 Å². The predicted octanol–water partition coefficient (Wildman–Crippen LogP) is 2.02. The van der Waals surface area contributed by atoms with E-state index in [9.17, 15) is 15.0 Å². The topological polar surface area (TPSA) is 106 Å². The SMILES string of the molecule is O=C(OCC1OC(n2c(Br)nc3cc(Cl)c(Cl)cc32)C(O)C1O)[C@@H]1CCCN1. The Morgan fingerprint density at radius 3 is 2.82 bits per heavy atom. The Hall–Kier alpha value is -0.940. The summed E-state index contributed by atoms with van der Waals surface area (Å²) in [5.74, 6) is -0.387. The van der Waals surface area contributed by atoms with E-state index < -0.39 is 24.5 Å². The van der Waals surface area contributed by atoms with Gasteiger partial charge in [0.15, 0.2) is 11.0 Å². The fourth-order valence-electron chi connectivity index (χ4n) is 3.53. The summed E-state index contributed by atoms with van der Waals surface area (Å²) in [5, 5.41) is 24.6. The second-order valence-electron chi connectivity index (χ2n) is 6.83. The van der Waals surface area contributed by atoms with Crippen molar-refractivity contribution in [2.45, 2.75) is 43.4 Å². The molecule has 2 aliphatic rings. The Balaban J connectivity index is 1.53. The molecule has 8 nitrogen and oxygen atoms in total. The number of aliphatic hydroxyl groups excluding tert-OH is 2. The minimum absolute atomic E-state index is 0.164. The van der Waals surface area contributed by atoms with E-state index in [0.717, 1.165) is 19.4 Å². The predicted molar refractivity (Wildman–Crippen MR) is 105 cm³/mol. The van der Waals surface area contributed by atoms with Crippen molar-refractivity contribution < 1.29 is 24.5 Å². The first-order valence-electron chi connectivity index (χ1n) is 8.81. The lowest BCUT2D eigenvalue weighted by molar-refractivity contribution is -0.152. The number of carbonyl (C=O) groups excluding carboxylic acids is 1. The van der Waals surface area contributed by atoms with E-state index in [0.29, 0.717) is 25.8 Å². The molecule has 5 atom stereocenters. The number of carbonyl (C=O) groups is 1. The van der Waals surface area contributed by atoms with Gasteiger partial charge in [0.2, 0.25) is 0 Å². The van der Waals surface area contributed by atoms with Crippen molar-refractivity contribution in [3.8, 4) is 0 Å². The summed E-state index contributed by atoms with van der Waals surface area (Å²) < 4.78 is 13.1. The van der Waals surface area contributed by atoms with Crippen LogP contribution < -0.4 is 5.32 Å². The highest BCUT2D eigenvalue weighted by Gasteiger charge is 2.45. The van der Waals surface area contributed by atoms with Crippen molar-refractivity contribution in [2.24, 2.45) is 0 Å². The minimum Gasteiger partial charge on any atom is -0.462 e. The monoisotopic (exact) mass is 493 g/mol. The van der Waals surface area contributed by atoms with E-state index in [1.54, 1.807) is 16.7 Å². The number of fused-ring (bicyclic) bond motifs is 1. The zero-order valence-corrected chi connectivity index (χ0v) is 17.6. The average molecular weight is 495 g/mol. The molecule has 4 unspecified atom stereocenters. The summed E-state index contributed by atoms with van der Waals surface area (Å²) in [4.78, 5) is 16.4. The molecule has 0 amide bonds. The zero-order chi connectivity index (χ0) is 20.0. The number of imidazole rings is 1. The molecular formula is C17H18BrCl2N3O5. The Bertz CT molecular complexity index is 905. The lowest BCUT2D eigenvalue weighted by atomic mass is 10.1. The second kappa shape index (κ2) is 8.06. The Kier molecular flexibility index (Phi) is 5.85. The molecule has 2 aliphatic heterocycles. The van der Waals surface area contributed by atoms with E-state index in [1.807, 2.05) is 0 Å². The standard InChI is InChI=1S/C17H18BrCl2N3O5/c18-17-22-10-4-7(19)8(20)5-11(10)23(17)15-14(25)13(24)12(28-15)6-27-16(26)9-2-1-3-21-9/h4-5,9,12-15,21,24-25H,1-3,6H2/t9-,12?,13?,14?,15?/m0/s1. The first-order chi connectivity index (χ1) is 13.4. The van der Waals surface area contributed by atoms with Gasteiger partial charge >= 0.3 is 5.97 Å². The van der Waals surface area contributed by atoms with Crippen LogP contribution in [0.15, 0.2) is 16.9 Å². The lowest BCUT2D eigenvalue weighted by Gasteiger charge is -2.18. The number of benzene rings is 1. The lowest BCUT2D eigenvalue weighted by Crippen LogP contribution is -2.37. The van der Waals surface area contributed by atoms with Crippen molar-refractivity contribution >= 4 is 56.1 Å². The van der Waals surface area contributed by atoms with Crippen molar-refractivity contribution in [3.63, 3.8) is 0 Å². The molecule has 1 aromatic heterocycles. The van der Waals surface area contributed by atoms with Crippen LogP contribution in [0.3, 0.4) is 0 Å². The van der Waals surface area contributed by atoms with Gasteiger partial charge in [0.25, 0.3) is 0 Å². The van der Waals surface area contributed by atoms with Gasteiger partial charge in [0, 0.05) is 0 Å². The molecule has 0 aliphatic carbocycles. The molecule has 0 radical (unpaired) electrons. The van der Waals surface area contributed by atoms with Gasteiger partial charge in [-0.3, -0.25) is 9.36 Å². The van der Waals surface area contributed by atoms with Crippen LogP contribution in [0.1, 0.15) is 19.1 Å². The largest absolute Gasteiger partial charge is 0.462 e. The van der Waals surface area contributed by atoms with E-state index in [4.69, 9.17) is 32.7 Å². The molecule has 3 heterocycles. The molecule has 0 saturated carbocycles. The fraction of sp³-hybridized carbons (Fsp3) is 0.529. The number of rotatable bonds is 4. The number of ether oxygens (including phenoxy) is 2. The summed E-state index contributed by atoms with van der Waals surface area (Å²) in [6, 6.07) is 2.88. The van der Waals surface area contributed by atoms with Crippen LogP contribution in [0.2, 0.25) is 10.0 Å². The summed E-state index contributed by atoms with van der Waals surface area (Å²) in [5.41, 5.74) is 1.12. The van der Waals surface area contributed by atoms with Crippen LogP contribution in [-0.4, -0.2) is 63.2 Å². The van der Waals surface area contributed by atoms with Crippen molar-refractivity contribution in [1.29, 1.82) is 0 Å². The van der Waals surface area contributed by atoms with Crippen LogP contribution in [0.5, 0.6) is 0 Å². The van der Waals surface area contributed by atoms with Crippen LogP contribution in [-0.2, 0) is 14.3 Å². The van der Waals surface area contributed by atoms with Crippen LogP contribution in [0.4, 0.5) is 0 Å². The van der Waals surface area contributed by atoms with Crippen molar-refractivity contribution in [3.05, 3.63) is 26.9 Å². The molecular weight excluding hydrogens is 477 g/mol. The maximum atomic E-state index is 12.1. The van der Waals surface area contributed by atoms with E-state index in [1.165, 1.54) is 0 Å². The van der Waals surface area contributed by atoms with E-state index in [-0.39, 0.29) is 18.6 Å². The summed E-state index contributed by atoms with van der Waals surface area (Å²) in [7, 11) is 0. The van der Waals surface area contributed by atoms with Crippen LogP contribution >= 0.6 is 39.1 Å². The summed E-state index contributed by atoms with van der Waals surface area (Å²) in [6.07, 6.45) is -2.68. The smallest absolute Gasteiger partial charge is 0.323 e. The molecule has 2 fully saturated rings. The van der Waals surface area contributed by atoms with Gasteiger partial charge in [-0.15, -0.1) is 0 Å². The first-order valence-corrected chi connectivity index (χ1v) is 10.4. The van der Waals surface area contributed by atoms with Gasteiger partial charge in [-0.05, 0) is 47.4 Å². The third kappa shape index (κ3) is 3.65. The first kappa shape index (κ1) is 20.3. The third-order valence-electron chi connectivity index (χ3n) is 5.01. The van der Waals surface area contributed by atoms with Crippen molar-refractivity contribution in [1.82, 2.24) is 14.9 Å². The number of hydrogen-bond donors (Lipinski definition) is 3. The Labute approximate surface area is 178 Å². The normalized spacial score (nSPS) is 30.2. The highest BCUT2D eigenvalue weighted by atomic mass is 79.9. The minimum atomic E-state index is -1.25. The highest BCUT2D eigenvalue weighted by molar-refractivity contribution is 9.10. The molecule has 3 N–H and O–H groups in total. The maximum absolute atomic E-state index is 12.1. The number of hydrogen-bond acceptors (Lipinski definition) is 7. The number of esters is 1. The maximum Gasteiger partial charge on any atom is 0.323 e. The summed E-state index contributed by atoms with van der Waals surface area (Å²) >= 11 is 15.5. The fourth-order valence-corrected chi connectivity index (χ4v) is 4.43. The molecule has 1 aromatic carbocycles. The number of halogens is 3. The molecule has 0 bridgehead atoms. The molecule has 4 rings (SSSR count). The van der Waals surface area contributed by atoms with Gasteiger partial charge in [0.05, 0.1) is 21.1 Å². The van der Waals surface area contributed by atoms with Crippen LogP contribution in [0, 0.1) is 0 Å². The highest BCUT2D eigenvalue weighted by Crippen LogP contribution is 2.37. The van der Waals surface area contributed by atoms with Gasteiger partial charge in [-0.25, -0.2) is 4.98 Å². The van der Waals surface area contributed by atoms with Crippen LogP contribution in [0.25, 0.3) is 11.0 Å². The molecule has 2 saturated heterocycles. The van der Waals surface area contributed by atoms with Gasteiger partial charge < -0.3 is 25.0 Å². The number of nitrogens with one attached hydrogen (secondary N) is 1. The van der Waals surface area contributed by atoms with E-state index in [2.05, 4.69) is 26.2 Å². The molecule has 28 heavy (non-hydrogen) atoms. The zero-order valence-electron chi connectivity index (χ0n) is 14.5.